The van der Waals surface area contributed by atoms with Crippen LogP contribution in [0.2, 0.25) is 0 Å². The molecule has 0 spiro atoms. The van der Waals surface area contributed by atoms with Crippen LogP contribution < -0.4 is 4.74 Å². The van der Waals surface area contributed by atoms with Gasteiger partial charge in [-0.25, -0.2) is 4.79 Å². The summed E-state index contributed by atoms with van der Waals surface area (Å²) in [4.78, 5) is 36.4. The lowest BCUT2D eigenvalue weighted by atomic mass is 10.1. The van der Waals surface area contributed by atoms with E-state index in [1.165, 1.54) is 20.2 Å². The molecular formula is C13H11N3O4. The maximum atomic E-state index is 11.7. The molecule has 1 aromatic carbocycles. The number of nitriles is 1. The number of carbonyl (C=O) groups excluding carboxylic acids is 3. The molecule has 1 saturated heterocycles. The Morgan fingerprint density at radius 3 is 2.45 bits per heavy atom. The minimum Gasteiger partial charge on any atom is -0.495 e. The van der Waals surface area contributed by atoms with Gasteiger partial charge in [0.1, 0.15) is 11.8 Å². The second kappa shape index (κ2) is 5.01. The molecule has 20 heavy (non-hydrogen) atoms. The zero-order chi connectivity index (χ0) is 14.9. The van der Waals surface area contributed by atoms with E-state index < -0.39 is 17.8 Å². The van der Waals surface area contributed by atoms with E-state index in [9.17, 15) is 14.4 Å². The van der Waals surface area contributed by atoms with Crippen LogP contribution in [0.1, 0.15) is 11.1 Å². The molecule has 0 aliphatic carbocycles. The molecule has 4 amide bonds. The number of benzene rings is 1. The molecule has 1 heterocycles. The van der Waals surface area contributed by atoms with Crippen molar-refractivity contribution >= 4 is 17.8 Å². The molecule has 0 radical (unpaired) electrons. The van der Waals surface area contributed by atoms with Gasteiger partial charge in [-0.05, 0) is 17.7 Å². The van der Waals surface area contributed by atoms with Gasteiger partial charge in [0.2, 0.25) is 0 Å². The summed E-state index contributed by atoms with van der Waals surface area (Å²) >= 11 is 0. The number of urea groups is 1. The normalized spacial score (nSPS) is 14.8. The first-order valence-corrected chi connectivity index (χ1v) is 5.70. The first-order valence-electron chi connectivity index (χ1n) is 5.70. The van der Waals surface area contributed by atoms with Gasteiger partial charge in [0, 0.05) is 7.05 Å². The average Bonchev–Trinajstić information content (AvgIpc) is 2.65. The van der Waals surface area contributed by atoms with Crippen molar-refractivity contribution in [1.29, 1.82) is 5.26 Å². The molecule has 0 bridgehead atoms. The Hall–Kier alpha value is -2.88. The Bertz CT molecular complexity index is 648. The number of rotatable bonds is 3. The van der Waals surface area contributed by atoms with Gasteiger partial charge < -0.3 is 4.74 Å². The van der Waals surface area contributed by atoms with Crippen LogP contribution in [0.25, 0.3) is 0 Å². The Kier molecular flexibility index (Phi) is 3.39. The zero-order valence-electron chi connectivity index (χ0n) is 10.9. The molecule has 1 aliphatic rings. The van der Waals surface area contributed by atoms with Gasteiger partial charge in [-0.2, -0.15) is 5.26 Å². The summed E-state index contributed by atoms with van der Waals surface area (Å²) in [6, 6.07) is 5.99. The molecule has 0 saturated carbocycles. The van der Waals surface area contributed by atoms with Gasteiger partial charge in [-0.3, -0.25) is 19.4 Å². The average molecular weight is 273 g/mol. The Morgan fingerprint density at radius 1 is 1.25 bits per heavy atom. The standard InChI is InChI=1S/C13H11N3O4/c1-15-11(17)12(18)16(13(15)19)7-8-3-4-9(6-14)10(5-8)20-2/h3-5H,7H2,1-2H3. The minimum atomic E-state index is -0.860. The van der Waals surface area contributed by atoms with E-state index >= 15 is 0 Å². The van der Waals surface area contributed by atoms with Crippen LogP contribution in [0.3, 0.4) is 0 Å². The second-order valence-electron chi connectivity index (χ2n) is 4.18. The van der Waals surface area contributed by atoms with Crippen molar-refractivity contribution in [3.63, 3.8) is 0 Å². The molecule has 1 aromatic rings. The van der Waals surface area contributed by atoms with Crippen LogP contribution in [0, 0.1) is 11.3 Å². The third kappa shape index (κ3) is 2.07. The van der Waals surface area contributed by atoms with Crippen molar-refractivity contribution in [2.75, 3.05) is 14.2 Å². The molecule has 0 N–H and O–H groups in total. The van der Waals surface area contributed by atoms with Crippen LogP contribution in [0.4, 0.5) is 4.79 Å². The number of nitrogens with zero attached hydrogens (tertiary/aromatic N) is 3. The van der Waals surface area contributed by atoms with Gasteiger partial charge >= 0.3 is 17.8 Å². The van der Waals surface area contributed by atoms with E-state index in [1.807, 2.05) is 6.07 Å². The van der Waals surface area contributed by atoms with Crippen molar-refractivity contribution in [1.82, 2.24) is 9.80 Å². The highest BCUT2D eigenvalue weighted by molar-refractivity contribution is 6.44. The molecule has 7 nitrogen and oxygen atoms in total. The van der Waals surface area contributed by atoms with Crippen molar-refractivity contribution in [3.8, 4) is 11.8 Å². The van der Waals surface area contributed by atoms with Gasteiger partial charge in [0.15, 0.2) is 0 Å². The molecule has 1 fully saturated rings. The maximum Gasteiger partial charge on any atom is 0.334 e. The highest BCUT2D eigenvalue weighted by Crippen LogP contribution is 2.22. The van der Waals surface area contributed by atoms with Crippen LogP contribution in [-0.4, -0.2) is 41.8 Å². The highest BCUT2D eigenvalue weighted by Gasteiger charge is 2.42. The first-order chi connectivity index (χ1) is 9.49. The summed E-state index contributed by atoms with van der Waals surface area (Å²) in [6.45, 7) is -0.0458. The van der Waals surface area contributed by atoms with Crippen molar-refractivity contribution in [3.05, 3.63) is 29.3 Å². The van der Waals surface area contributed by atoms with Crippen LogP contribution >= 0.6 is 0 Å². The Labute approximate surface area is 114 Å². The predicted octanol–water partition coefficient (Wildman–Crippen LogP) is 0.487. The summed E-state index contributed by atoms with van der Waals surface area (Å²) in [5.41, 5.74) is 0.939. The third-order valence-corrected chi connectivity index (χ3v) is 2.98. The zero-order valence-corrected chi connectivity index (χ0v) is 10.9. The molecular weight excluding hydrogens is 262 g/mol. The molecule has 102 valence electrons. The van der Waals surface area contributed by atoms with E-state index in [2.05, 4.69) is 0 Å². The van der Waals surface area contributed by atoms with E-state index in [4.69, 9.17) is 10.00 Å². The third-order valence-electron chi connectivity index (χ3n) is 2.98. The molecule has 0 atom stereocenters. The Balaban J connectivity index is 2.27. The van der Waals surface area contributed by atoms with Crippen LogP contribution in [0.5, 0.6) is 5.75 Å². The molecule has 2 rings (SSSR count). The fourth-order valence-electron chi connectivity index (χ4n) is 1.86. The molecule has 0 unspecified atom stereocenters. The van der Waals surface area contributed by atoms with Gasteiger partial charge in [-0.15, -0.1) is 0 Å². The fourth-order valence-corrected chi connectivity index (χ4v) is 1.86. The van der Waals surface area contributed by atoms with E-state index in [1.54, 1.807) is 12.1 Å². The second-order valence-corrected chi connectivity index (χ2v) is 4.18. The lowest BCUT2D eigenvalue weighted by Crippen LogP contribution is -2.31. The SMILES string of the molecule is COc1cc(CN2C(=O)C(=O)N(C)C2=O)ccc1C#N. The topological polar surface area (TPSA) is 90.7 Å². The monoisotopic (exact) mass is 273 g/mol. The number of hydrogen-bond acceptors (Lipinski definition) is 5. The molecule has 0 aromatic heterocycles. The lowest BCUT2D eigenvalue weighted by molar-refractivity contribution is -0.143. The van der Waals surface area contributed by atoms with E-state index in [0.29, 0.717) is 16.9 Å². The van der Waals surface area contributed by atoms with Gasteiger partial charge in [0.25, 0.3) is 0 Å². The quantitative estimate of drug-likeness (QED) is 0.590. The number of amides is 4. The largest absolute Gasteiger partial charge is 0.495 e. The van der Waals surface area contributed by atoms with Crippen molar-refractivity contribution in [2.45, 2.75) is 6.54 Å². The van der Waals surface area contributed by atoms with E-state index in [-0.39, 0.29) is 6.54 Å². The van der Waals surface area contributed by atoms with Crippen molar-refractivity contribution in [2.24, 2.45) is 0 Å². The maximum absolute atomic E-state index is 11.7. The predicted molar refractivity (Wildman–Crippen MR) is 66.4 cm³/mol. The molecule has 1 aliphatic heterocycles. The summed E-state index contributed by atoms with van der Waals surface area (Å²) < 4.78 is 5.05. The summed E-state index contributed by atoms with van der Waals surface area (Å²) in [5.74, 6) is -1.36. The van der Waals surface area contributed by atoms with Gasteiger partial charge in [0.05, 0.1) is 19.2 Å². The Morgan fingerprint density at radius 2 is 1.95 bits per heavy atom. The fraction of sp³-hybridized carbons (Fsp3) is 0.231. The number of ether oxygens (including phenoxy) is 1. The number of hydrogen-bond donors (Lipinski definition) is 0. The van der Waals surface area contributed by atoms with Crippen LogP contribution in [-0.2, 0) is 16.1 Å². The summed E-state index contributed by atoms with van der Waals surface area (Å²) in [7, 11) is 2.67. The summed E-state index contributed by atoms with van der Waals surface area (Å²) in [5, 5.41) is 8.88. The summed E-state index contributed by atoms with van der Waals surface area (Å²) in [6.07, 6.45) is 0. The number of methoxy groups -OCH3 is 1. The number of imide groups is 2. The van der Waals surface area contributed by atoms with Crippen molar-refractivity contribution < 1.29 is 19.1 Å². The van der Waals surface area contributed by atoms with Crippen LogP contribution in [0.15, 0.2) is 18.2 Å². The van der Waals surface area contributed by atoms with Gasteiger partial charge in [-0.1, -0.05) is 6.07 Å². The highest BCUT2D eigenvalue weighted by atomic mass is 16.5. The lowest BCUT2D eigenvalue weighted by Gasteiger charge is -2.13. The molecule has 7 heteroatoms. The number of likely N-dealkylation sites (N-methyl/N-ethyl adjacent to an activating group) is 1. The first kappa shape index (κ1) is 13.5. The number of carbonyl (C=O) groups is 3. The minimum absolute atomic E-state index is 0.0458. The smallest absolute Gasteiger partial charge is 0.334 e. The van der Waals surface area contributed by atoms with E-state index in [0.717, 1.165) is 9.80 Å².